The van der Waals surface area contributed by atoms with Gasteiger partial charge in [0, 0.05) is 24.8 Å². The molecular weight excluding hydrogens is 396 g/mol. The van der Waals surface area contributed by atoms with Gasteiger partial charge in [0.1, 0.15) is 0 Å². The minimum Gasteiger partial charge on any atom is -0.309 e. The highest BCUT2D eigenvalue weighted by atomic mass is 32.2. The molecule has 0 spiro atoms. The quantitative estimate of drug-likeness (QED) is 0.746. The van der Waals surface area contributed by atoms with E-state index in [1.807, 2.05) is 56.0 Å². The Morgan fingerprint density at radius 1 is 1.07 bits per heavy atom. The summed E-state index contributed by atoms with van der Waals surface area (Å²) in [7, 11) is -3.64. The molecule has 2 atom stereocenters. The van der Waals surface area contributed by atoms with E-state index in [4.69, 9.17) is 0 Å². The smallest absolute Gasteiger partial charge is 0.243 e. The van der Waals surface area contributed by atoms with Gasteiger partial charge in [0.2, 0.25) is 15.9 Å². The van der Waals surface area contributed by atoms with Crippen LogP contribution in [0.1, 0.15) is 42.0 Å². The number of hydrogen-bond acceptors (Lipinski definition) is 3. The van der Waals surface area contributed by atoms with Crippen molar-refractivity contribution >= 4 is 21.6 Å². The van der Waals surface area contributed by atoms with Crippen molar-refractivity contribution in [3.63, 3.8) is 0 Å². The Kier molecular flexibility index (Phi) is 5.49. The number of carbonyl (C=O) groups excluding carboxylic acids is 1. The zero-order valence-electron chi connectivity index (χ0n) is 18.2. The summed E-state index contributed by atoms with van der Waals surface area (Å²) in [6.07, 6.45) is 2.27. The highest BCUT2D eigenvalue weighted by molar-refractivity contribution is 7.89. The van der Waals surface area contributed by atoms with Crippen molar-refractivity contribution in [2.45, 2.75) is 57.9 Å². The summed E-state index contributed by atoms with van der Waals surface area (Å²) in [6.45, 7) is 8.45. The number of rotatable bonds is 3. The van der Waals surface area contributed by atoms with E-state index in [0.29, 0.717) is 17.9 Å². The minimum absolute atomic E-state index is 0.0460. The molecule has 0 aromatic heterocycles. The molecule has 0 bridgehead atoms. The van der Waals surface area contributed by atoms with Crippen molar-refractivity contribution in [1.82, 2.24) is 4.31 Å². The first-order chi connectivity index (χ1) is 14.2. The van der Waals surface area contributed by atoms with Gasteiger partial charge in [0.15, 0.2) is 0 Å². The zero-order valence-corrected chi connectivity index (χ0v) is 19.0. The lowest BCUT2D eigenvalue weighted by atomic mass is 9.97. The van der Waals surface area contributed by atoms with Crippen LogP contribution in [0.5, 0.6) is 0 Å². The first-order valence-corrected chi connectivity index (χ1v) is 12.1. The second-order valence-corrected chi connectivity index (χ2v) is 10.7. The van der Waals surface area contributed by atoms with E-state index >= 15 is 0 Å². The Morgan fingerprint density at radius 3 is 2.43 bits per heavy atom. The number of anilines is 1. The fourth-order valence-corrected chi connectivity index (χ4v) is 7.10. The molecule has 4 rings (SSSR count). The van der Waals surface area contributed by atoms with Gasteiger partial charge in [0.05, 0.1) is 10.8 Å². The van der Waals surface area contributed by atoms with Gasteiger partial charge in [-0.2, -0.15) is 4.31 Å². The van der Waals surface area contributed by atoms with Crippen molar-refractivity contribution in [2.24, 2.45) is 5.92 Å². The Balaban J connectivity index is 1.60. The van der Waals surface area contributed by atoms with Crippen LogP contribution in [0, 0.1) is 26.7 Å². The van der Waals surface area contributed by atoms with Crippen LogP contribution in [0.3, 0.4) is 0 Å². The topological polar surface area (TPSA) is 57.7 Å². The minimum atomic E-state index is -3.64. The van der Waals surface area contributed by atoms with Gasteiger partial charge < -0.3 is 4.90 Å². The lowest BCUT2D eigenvalue weighted by Crippen LogP contribution is -2.48. The van der Waals surface area contributed by atoms with Crippen molar-refractivity contribution in [3.8, 4) is 0 Å². The summed E-state index contributed by atoms with van der Waals surface area (Å²) in [5.41, 5.74) is 4.74. The van der Waals surface area contributed by atoms with E-state index in [-0.39, 0.29) is 24.4 Å². The molecule has 0 unspecified atom stereocenters. The van der Waals surface area contributed by atoms with Crippen LogP contribution >= 0.6 is 0 Å². The molecule has 1 fully saturated rings. The summed E-state index contributed by atoms with van der Waals surface area (Å²) in [6, 6.07) is 11.9. The monoisotopic (exact) mass is 426 g/mol. The molecule has 6 heteroatoms. The number of benzene rings is 2. The average Bonchev–Trinajstić information content (AvgIpc) is 3.02. The molecule has 1 saturated heterocycles. The molecule has 2 aromatic rings. The summed E-state index contributed by atoms with van der Waals surface area (Å²) in [5, 5.41) is 0. The third kappa shape index (κ3) is 3.56. The van der Waals surface area contributed by atoms with Crippen LogP contribution in [0.15, 0.2) is 41.3 Å². The third-order valence-corrected chi connectivity index (χ3v) is 8.55. The number of sulfonamides is 1. The maximum Gasteiger partial charge on any atom is 0.243 e. The number of amides is 1. The summed E-state index contributed by atoms with van der Waals surface area (Å²) >= 11 is 0. The SMILES string of the molecule is Cc1cc(C)c(S(=O)(=O)N2CCC[C@H](C(=O)N3c4ccccc4C[C@@H]3C)C2)c(C)c1. The number of nitrogens with zero attached hydrogens (tertiary/aromatic N) is 2. The van der Waals surface area contributed by atoms with Crippen LogP contribution in [-0.4, -0.2) is 37.8 Å². The normalized spacial score (nSPS) is 22.2. The van der Waals surface area contributed by atoms with Crippen molar-refractivity contribution in [2.75, 3.05) is 18.0 Å². The van der Waals surface area contributed by atoms with Gasteiger partial charge in [-0.1, -0.05) is 35.9 Å². The fourth-order valence-electron chi connectivity index (χ4n) is 5.16. The number of carbonyl (C=O) groups is 1. The highest BCUT2D eigenvalue weighted by Gasteiger charge is 2.39. The second-order valence-electron chi connectivity index (χ2n) is 8.82. The molecule has 30 heavy (non-hydrogen) atoms. The maximum atomic E-state index is 13.5. The van der Waals surface area contributed by atoms with Crippen LogP contribution < -0.4 is 4.90 Å². The van der Waals surface area contributed by atoms with Gasteiger partial charge in [-0.05, 0) is 69.7 Å². The summed E-state index contributed by atoms with van der Waals surface area (Å²) in [5.74, 6) is -0.266. The lowest BCUT2D eigenvalue weighted by molar-refractivity contribution is -0.123. The molecule has 5 nitrogen and oxygen atoms in total. The predicted molar refractivity (Wildman–Crippen MR) is 119 cm³/mol. The Morgan fingerprint density at radius 2 is 1.73 bits per heavy atom. The molecule has 2 aromatic carbocycles. The Hall–Kier alpha value is -2.18. The predicted octanol–water partition coefficient (Wildman–Crippen LogP) is 3.99. The molecular formula is C24H30N2O3S. The number of aryl methyl sites for hydroxylation is 3. The van der Waals surface area contributed by atoms with Gasteiger partial charge in [-0.15, -0.1) is 0 Å². The molecule has 2 aliphatic heterocycles. The molecule has 0 radical (unpaired) electrons. The summed E-state index contributed by atoms with van der Waals surface area (Å²) < 4.78 is 28.5. The molecule has 0 N–H and O–H groups in total. The number of piperidine rings is 1. The molecule has 2 aliphatic rings. The van der Waals surface area contributed by atoms with Crippen molar-refractivity contribution < 1.29 is 13.2 Å². The lowest BCUT2D eigenvalue weighted by Gasteiger charge is -2.35. The van der Waals surface area contributed by atoms with Crippen LogP contribution in [0.4, 0.5) is 5.69 Å². The zero-order chi connectivity index (χ0) is 21.6. The summed E-state index contributed by atoms with van der Waals surface area (Å²) in [4.78, 5) is 15.7. The van der Waals surface area contributed by atoms with E-state index in [0.717, 1.165) is 35.2 Å². The maximum absolute atomic E-state index is 13.5. The molecule has 2 heterocycles. The van der Waals surface area contributed by atoms with E-state index in [1.54, 1.807) is 0 Å². The van der Waals surface area contributed by atoms with E-state index in [9.17, 15) is 13.2 Å². The van der Waals surface area contributed by atoms with Gasteiger partial charge in [0.25, 0.3) is 0 Å². The van der Waals surface area contributed by atoms with Crippen LogP contribution in [-0.2, 0) is 21.2 Å². The number of para-hydroxylation sites is 1. The molecule has 160 valence electrons. The van der Waals surface area contributed by atoms with E-state index in [1.165, 1.54) is 9.87 Å². The number of fused-ring (bicyclic) bond motifs is 1. The van der Waals surface area contributed by atoms with E-state index in [2.05, 4.69) is 13.0 Å². The van der Waals surface area contributed by atoms with Gasteiger partial charge in [-0.25, -0.2) is 8.42 Å². The Bertz CT molecular complexity index is 1070. The van der Waals surface area contributed by atoms with Gasteiger partial charge >= 0.3 is 0 Å². The van der Waals surface area contributed by atoms with Crippen LogP contribution in [0.2, 0.25) is 0 Å². The first-order valence-electron chi connectivity index (χ1n) is 10.7. The molecule has 1 amide bonds. The standard InChI is InChI=1S/C24H30N2O3S/c1-16-12-17(2)23(18(3)13-16)30(28,29)25-11-7-9-21(15-25)24(27)26-19(4)14-20-8-5-6-10-22(20)26/h5-6,8,10,12-13,19,21H,7,9,11,14-15H2,1-4H3/t19-,21-/m0/s1. The fraction of sp³-hybridized carbons (Fsp3) is 0.458. The number of hydrogen-bond donors (Lipinski definition) is 0. The van der Waals surface area contributed by atoms with Crippen LogP contribution in [0.25, 0.3) is 0 Å². The average molecular weight is 427 g/mol. The van der Waals surface area contributed by atoms with Crippen molar-refractivity contribution in [3.05, 3.63) is 58.7 Å². The molecule has 0 aliphatic carbocycles. The largest absolute Gasteiger partial charge is 0.309 e. The second kappa shape index (κ2) is 7.82. The third-order valence-electron chi connectivity index (χ3n) is 6.38. The Labute approximate surface area is 179 Å². The van der Waals surface area contributed by atoms with Crippen molar-refractivity contribution in [1.29, 1.82) is 0 Å². The highest BCUT2D eigenvalue weighted by Crippen LogP contribution is 2.35. The van der Waals surface area contributed by atoms with Gasteiger partial charge in [-0.3, -0.25) is 4.79 Å². The molecule has 0 saturated carbocycles. The van der Waals surface area contributed by atoms with E-state index < -0.39 is 10.0 Å². The first kappa shape index (κ1) is 21.1.